The Bertz CT molecular complexity index is 1230. The minimum atomic E-state index is -0.459. The summed E-state index contributed by atoms with van der Waals surface area (Å²) in [7, 11) is 0. The average molecular weight is 412 g/mol. The fraction of sp³-hybridized carbons (Fsp3) is 0.0556. The van der Waals surface area contributed by atoms with E-state index in [1.54, 1.807) is 28.9 Å². The van der Waals surface area contributed by atoms with Crippen molar-refractivity contribution in [3.63, 3.8) is 0 Å². The highest BCUT2D eigenvalue weighted by Crippen LogP contribution is 2.41. The molecular formula is C18H11Cl2N7O. The molecule has 3 heterocycles. The summed E-state index contributed by atoms with van der Waals surface area (Å²) < 4.78 is 1.62. The van der Waals surface area contributed by atoms with E-state index in [9.17, 15) is 4.79 Å². The number of nitrogens with one attached hydrogen (secondary N) is 2. The van der Waals surface area contributed by atoms with Gasteiger partial charge < -0.3 is 5.32 Å². The van der Waals surface area contributed by atoms with Crippen LogP contribution in [0.25, 0.3) is 11.3 Å². The lowest BCUT2D eigenvalue weighted by Crippen LogP contribution is -2.29. The summed E-state index contributed by atoms with van der Waals surface area (Å²) in [5.74, 6) is 0.367. The number of rotatable bonds is 2. The van der Waals surface area contributed by atoms with Crippen molar-refractivity contribution in [2.75, 3.05) is 5.32 Å². The van der Waals surface area contributed by atoms with E-state index in [1.807, 2.05) is 24.3 Å². The van der Waals surface area contributed by atoms with Crippen LogP contribution in [-0.2, 0) is 0 Å². The van der Waals surface area contributed by atoms with Crippen molar-refractivity contribution in [3.05, 3.63) is 80.1 Å². The monoisotopic (exact) mass is 411 g/mol. The van der Waals surface area contributed by atoms with Gasteiger partial charge in [0.2, 0.25) is 5.95 Å². The molecule has 0 amide bonds. The zero-order valence-corrected chi connectivity index (χ0v) is 15.6. The predicted octanol–water partition coefficient (Wildman–Crippen LogP) is 3.42. The van der Waals surface area contributed by atoms with Gasteiger partial charge in [0.1, 0.15) is 11.7 Å². The highest BCUT2D eigenvalue weighted by atomic mass is 35.5. The number of hydrogen-bond acceptors (Lipinski definition) is 6. The van der Waals surface area contributed by atoms with Gasteiger partial charge in [0.15, 0.2) is 0 Å². The van der Waals surface area contributed by atoms with Gasteiger partial charge in [-0.05, 0) is 40.3 Å². The Labute approximate surface area is 168 Å². The molecule has 2 N–H and O–H groups in total. The summed E-state index contributed by atoms with van der Waals surface area (Å²) in [6, 6.07) is 14.1. The van der Waals surface area contributed by atoms with E-state index in [2.05, 4.69) is 31.0 Å². The molecule has 1 aliphatic rings. The average Bonchev–Trinajstić information content (AvgIpc) is 3.17. The van der Waals surface area contributed by atoms with Gasteiger partial charge in [0, 0.05) is 21.2 Å². The first kappa shape index (κ1) is 16.9. The first-order valence-corrected chi connectivity index (χ1v) is 9.06. The van der Waals surface area contributed by atoms with E-state index in [-0.39, 0.29) is 5.56 Å². The minimum absolute atomic E-state index is 0.349. The molecule has 0 spiro atoms. The molecule has 1 aliphatic heterocycles. The quantitative estimate of drug-likeness (QED) is 0.461. The van der Waals surface area contributed by atoms with Crippen LogP contribution in [0.15, 0.2) is 53.3 Å². The smallest absolute Gasteiger partial charge is 0.288 e. The van der Waals surface area contributed by atoms with Crippen molar-refractivity contribution in [1.82, 2.24) is 30.4 Å². The molecule has 0 saturated carbocycles. The summed E-state index contributed by atoms with van der Waals surface area (Å²) in [5.41, 5.74) is 2.91. The van der Waals surface area contributed by atoms with E-state index in [0.29, 0.717) is 32.9 Å². The van der Waals surface area contributed by atoms with Crippen LogP contribution < -0.4 is 10.9 Å². The molecule has 28 heavy (non-hydrogen) atoms. The third kappa shape index (κ3) is 2.65. The number of halogens is 2. The molecule has 4 aromatic rings. The maximum absolute atomic E-state index is 12.6. The van der Waals surface area contributed by atoms with Crippen molar-refractivity contribution >= 4 is 34.8 Å². The van der Waals surface area contributed by atoms with E-state index in [4.69, 9.17) is 23.2 Å². The molecule has 0 unspecified atom stereocenters. The zero-order chi connectivity index (χ0) is 19.3. The number of nitrogens with zero attached hydrogens (tertiary/aromatic N) is 5. The molecule has 2 aromatic heterocycles. The van der Waals surface area contributed by atoms with Crippen LogP contribution in [0.5, 0.6) is 0 Å². The molecule has 2 aromatic carbocycles. The van der Waals surface area contributed by atoms with E-state index < -0.39 is 6.04 Å². The Balaban J connectivity index is 1.81. The lowest BCUT2D eigenvalue weighted by molar-refractivity contribution is 0.567. The van der Waals surface area contributed by atoms with Crippen LogP contribution in [0.1, 0.15) is 17.2 Å². The van der Waals surface area contributed by atoms with Crippen molar-refractivity contribution in [3.8, 4) is 11.3 Å². The molecule has 1 atom stereocenters. The van der Waals surface area contributed by atoms with Gasteiger partial charge in [-0.15, -0.1) is 0 Å². The molecule has 5 rings (SSSR count). The Morgan fingerprint density at radius 1 is 0.964 bits per heavy atom. The van der Waals surface area contributed by atoms with Gasteiger partial charge >= 0.3 is 0 Å². The second-order valence-corrected chi connectivity index (χ2v) is 7.10. The van der Waals surface area contributed by atoms with Gasteiger partial charge in [-0.25, -0.2) is 5.10 Å². The summed E-state index contributed by atoms with van der Waals surface area (Å²) in [4.78, 5) is 12.6. The SMILES string of the molecule is O=c1[nH]nc(-c2ccc(Cl)cc2)c2c1Nc1nnnn1[C@H]2c1ccc(Cl)cc1. The van der Waals surface area contributed by atoms with Crippen LogP contribution in [0, 0.1) is 0 Å². The summed E-state index contributed by atoms with van der Waals surface area (Å²) >= 11 is 12.1. The summed E-state index contributed by atoms with van der Waals surface area (Å²) in [6.07, 6.45) is 0. The predicted molar refractivity (Wildman–Crippen MR) is 105 cm³/mol. The first-order valence-electron chi connectivity index (χ1n) is 8.30. The molecule has 10 heteroatoms. The van der Waals surface area contributed by atoms with E-state index in [1.165, 1.54) is 0 Å². The molecular weight excluding hydrogens is 401 g/mol. The summed E-state index contributed by atoms with van der Waals surface area (Å²) in [5, 5.41) is 22.9. The number of aromatic nitrogens is 6. The lowest BCUT2D eigenvalue weighted by Gasteiger charge is -2.27. The van der Waals surface area contributed by atoms with E-state index >= 15 is 0 Å². The molecule has 0 fully saturated rings. The molecule has 8 nitrogen and oxygen atoms in total. The number of anilines is 2. The number of aromatic amines is 1. The van der Waals surface area contributed by atoms with Gasteiger partial charge in [-0.1, -0.05) is 52.6 Å². The third-order valence-electron chi connectivity index (χ3n) is 4.57. The standard InChI is InChI=1S/C18H11Cl2N7O/c19-11-5-1-9(2-6-11)14-13-15(17(28)23-22-14)21-18-24-25-26-27(18)16(13)10-3-7-12(20)8-4-10/h1-8,16H,(H,23,28)(H,21,24,26)/t16-/m0/s1. The Morgan fingerprint density at radius 3 is 2.36 bits per heavy atom. The van der Waals surface area contributed by atoms with Crippen LogP contribution in [0.2, 0.25) is 10.0 Å². The van der Waals surface area contributed by atoms with Gasteiger partial charge in [0.25, 0.3) is 5.56 Å². The number of hydrogen-bond donors (Lipinski definition) is 2. The van der Waals surface area contributed by atoms with Crippen LogP contribution in [-0.4, -0.2) is 30.4 Å². The number of fused-ring (bicyclic) bond motifs is 2. The Kier molecular flexibility index (Phi) is 3.88. The lowest BCUT2D eigenvalue weighted by atomic mass is 9.92. The third-order valence-corrected chi connectivity index (χ3v) is 5.08. The molecule has 138 valence electrons. The molecule has 0 saturated heterocycles. The highest BCUT2D eigenvalue weighted by Gasteiger charge is 2.34. The van der Waals surface area contributed by atoms with Gasteiger partial charge in [-0.3, -0.25) is 4.79 Å². The molecule has 0 aliphatic carbocycles. The second kappa shape index (κ2) is 6.43. The van der Waals surface area contributed by atoms with Crippen LogP contribution in [0.3, 0.4) is 0 Å². The fourth-order valence-corrected chi connectivity index (χ4v) is 3.57. The largest absolute Gasteiger partial charge is 0.318 e. The maximum Gasteiger partial charge on any atom is 0.288 e. The van der Waals surface area contributed by atoms with Gasteiger partial charge in [0.05, 0.1) is 5.69 Å². The number of H-pyrrole nitrogens is 1. The Hall–Kier alpha value is -3.23. The maximum atomic E-state index is 12.6. The zero-order valence-electron chi connectivity index (χ0n) is 14.1. The summed E-state index contributed by atoms with van der Waals surface area (Å²) in [6.45, 7) is 0. The molecule has 0 bridgehead atoms. The van der Waals surface area contributed by atoms with Crippen molar-refractivity contribution < 1.29 is 0 Å². The second-order valence-electron chi connectivity index (χ2n) is 6.22. The van der Waals surface area contributed by atoms with E-state index in [0.717, 1.165) is 11.1 Å². The topological polar surface area (TPSA) is 101 Å². The molecule has 0 radical (unpaired) electrons. The van der Waals surface area contributed by atoms with Crippen molar-refractivity contribution in [2.45, 2.75) is 6.04 Å². The Morgan fingerprint density at radius 2 is 1.64 bits per heavy atom. The highest BCUT2D eigenvalue weighted by molar-refractivity contribution is 6.30. The fourth-order valence-electron chi connectivity index (χ4n) is 3.32. The number of tetrazole rings is 1. The van der Waals surface area contributed by atoms with Crippen LogP contribution >= 0.6 is 23.2 Å². The normalized spacial score (nSPS) is 14.9. The van der Waals surface area contributed by atoms with Gasteiger partial charge in [-0.2, -0.15) is 9.78 Å². The minimum Gasteiger partial charge on any atom is -0.318 e. The first-order chi connectivity index (χ1) is 13.6. The van der Waals surface area contributed by atoms with Crippen LogP contribution in [0.4, 0.5) is 11.6 Å². The number of benzene rings is 2. The van der Waals surface area contributed by atoms with Crippen molar-refractivity contribution in [1.29, 1.82) is 0 Å². The van der Waals surface area contributed by atoms with Crippen molar-refractivity contribution in [2.24, 2.45) is 0 Å².